The number of hydrogen-bond acceptors (Lipinski definition) is 2. The number of benzene rings is 1. The van der Waals surface area contributed by atoms with Gasteiger partial charge in [0.2, 0.25) is 0 Å². The Kier molecular flexibility index (Phi) is 1.99. The first-order valence-electron chi connectivity index (χ1n) is 4.23. The summed E-state index contributed by atoms with van der Waals surface area (Å²) in [5.41, 5.74) is 2.82. The lowest BCUT2D eigenvalue weighted by molar-refractivity contribution is -0.386. The third kappa shape index (κ3) is 1.40. The molecule has 0 radical (unpaired) electrons. The second-order valence-electron chi connectivity index (χ2n) is 3.14. The number of hydrogen-bond donors (Lipinski definition) is 0. The van der Waals surface area contributed by atoms with Crippen molar-refractivity contribution in [1.29, 1.82) is 0 Å². The predicted octanol–water partition coefficient (Wildman–Crippen LogP) is 1.40. The molecule has 0 fully saturated rings. The Bertz CT molecular complexity index is 437. The van der Waals surface area contributed by atoms with Crippen molar-refractivity contribution in [2.45, 2.75) is 13.5 Å². The number of aryl methyl sites for hydroxylation is 1. The number of rotatable bonds is 1. The highest BCUT2D eigenvalue weighted by atomic mass is 16.3. The zero-order chi connectivity index (χ0) is 9.26. The van der Waals surface area contributed by atoms with E-state index < -0.39 is 0 Å². The molecule has 0 amide bonds. The topological polar surface area (TPSA) is 36.0 Å². The number of aromatic nitrogens is 1. The van der Waals surface area contributed by atoms with Gasteiger partial charge in [0.1, 0.15) is 0 Å². The quantitative estimate of drug-likeness (QED) is 0.652. The summed E-state index contributed by atoms with van der Waals surface area (Å²) in [6, 6.07) is 7.66. The van der Waals surface area contributed by atoms with Crippen LogP contribution in [0.3, 0.4) is 0 Å². The highest BCUT2D eigenvalue weighted by molar-refractivity contribution is 5.82. The maximum Gasteiger partial charge on any atom is 0.0704 e. The Balaban J connectivity index is 2.79. The fourth-order valence-electron chi connectivity index (χ4n) is 1.44. The molecule has 2 nitrogen and oxygen atoms in total. The lowest BCUT2D eigenvalue weighted by atomic mass is 10.1. The molecule has 1 aromatic heterocycles. The first-order chi connectivity index (χ1) is 6.31. The molecule has 0 bridgehead atoms. The molecule has 2 heteroatoms. The zero-order valence-electron chi connectivity index (χ0n) is 7.45. The summed E-state index contributed by atoms with van der Waals surface area (Å²) in [6.07, 6.45) is 1.82. The Hall–Kier alpha value is -1.41. The fourth-order valence-corrected chi connectivity index (χ4v) is 1.44. The molecule has 0 aliphatic rings. The third-order valence-electron chi connectivity index (χ3n) is 2.11. The van der Waals surface area contributed by atoms with Crippen LogP contribution in [-0.2, 0) is 6.61 Å². The summed E-state index contributed by atoms with van der Waals surface area (Å²) in [5, 5.41) is 11.8. The molecule has 0 saturated heterocycles. The van der Waals surface area contributed by atoms with E-state index in [0.717, 1.165) is 22.0 Å². The van der Waals surface area contributed by atoms with E-state index in [0.29, 0.717) is 0 Å². The smallest absolute Gasteiger partial charge is 0.0704 e. The first-order valence-corrected chi connectivity index (χ1v) is 4.23. The average molecular weight is 172 g/mol. The Morgan fingerprint density at radius 3 is 3.00 bits per heavy atom. The van der Waals surface area contributed by atoms with Crippen LogP contribution in [0.15, 0.2) is 30.5 Å². The largest absolute Gasteiger partial charge is 0.851 e. The van der Waals surface area contributed by atoms with Crippen LogP contribution in [0, 0.1) is 6.92 Å². The van der Waals surface area contributed by atoms with Gasteiger partial charge in [-0.05, 0) is 24.6 Å². The van der Waals surface area contributed by atoms with Gasteiger partial charge in [0.25, 0.3) is 0 Å². The molecule has 1 heterocycles. The van der Waals surface area contributed by atoms with Gasteiger partial charge in [-0.3, -0.25) is 4.98 Å². The number of nitrogens with zero attached hydrogens (tertiary/aromatic N) is 1. The van der Waals surface area contributed by atoms with Gasteiger partial charge in [0.15, 0.2) is 0 Å². The molecule has 0 N–H and O–H groups in total. The number of fused-ring (bicyclic) bond motifs is 1. The van der Waals surface area contributed by atoms with Gasteiger partial charge in [-0.1, -0.05) is 17.7 Å². The van der Waals surface area contributed by atoms with E-state index in [9.17, 15) is 5.11 Å². The summed E-state index contributed by atoms with van der Waals surface area (Å²) in [4.78, 5) is 4.25. The standard InChI is InChI=1S/C11H10NO/c1-8-5-10-9(7-13)3-2-4-11(10)12-6-8/h2-6H,7H2,1H3/q-1. The molecule has 66 valence electrons. The molecular weight excluding hydrogens is 162 g/mol. The van der Waals surface area contributed by atoms with Crippen molar-refractivity contribution in [3.8, 4) is 0 Å². The molecule has 0 unspecified atom stereocenters. The van der Waals surface area contributed by atoms with Crippen LogP contribution in [0.25, 0.3) is 10.9 Å². The van der Waals surface area contributed by atoms with E-state index in [2.05, 4.69) is 4.98 Å². The first kappa shape index (κ1) is 8.20. The predicted molar refractivity (Wildman–Crippen MR) is 50.2 cm³/mol. The molecule has 2 rings (SSSR count). The molecule has 2 aromatic rings. The fraction of sp³-hybridized carbons (Fsp3) is 0.182. The van der Waals surface area contributed by atoms with Crippen molar-refractivity contribution >= 4 is 10.9 Å². The summed E-state index contributed by atoms with van der Waals surface area (Å²) in [5.74, 6) is 0. The van der Waals surface area contributed by atoms with Crippen LogP contribution < -0.4 is 5.11 Å². The van der Waals surface area contributed by atoms with Crippen LogP contribution in [-0.4, -0.2) is 4.98 Å². The van der Waals surface area contributed by atoms with E-state index in [1.54, 1.807) is 0 Å². The van der Waals surface area contributed by atoms with Gasteiger partial charge in [-0.2, -0.15) is 0 Å². The molecule has 13 heavy (non-hydrogen) atoms. The minimum Gasteiger partial charge on any atom is -0.851 e. The molecular formula is C11H10NO-. The van der Waals surface area contributed by atoms with E-state index in [4.69, 9.17) is 0 Å². The lowest BCUT2D eigenvalue weighted by Gasteiger charge is -2.08. The van der Waals surface area contributed by atoms with Gasteiger partial charge in [0.05, 0.1) is 5.52 Å². The second-order valence-corrected chi connectivity index (χ2v) is 3.14. The van der Waals surface area contributed by atoms with Gasteiger partial charge >= 0.3 is 0 Å². The minimum atomic E-state index is -0.178. The van der Waals surface area contributed by atoms with E-state index in [1.807, 2.05) is 37.4 Å². The van der Waals surface area contributed by atoms with Gasteiger partial charge in [0, 0.05) is 11.6 Å². The Labute approximate surface area is 76.9 Å². The van der Waals surface area contributed by atoms with Crippen molar-refractivity contribution in [1.82, 2.24) is 4.98 Å². The highest BCUT2D eigenvalue weighted by Gasteiger charge is 1.97. The Morgan fingerprint density at radius 2 is 2.23 bits per heavy atom. The third-order valence-corrected chi connectivity index (χ3v) is 2.11. The van der Waals surface area contributed by atoms with E-state index >= 15 is 0 Å². The van der Waals surface area contributed by atoms with Crippen molar-refractivity contribution in [2.24, 2.45) is 0 Å². The summed E-state index contributed by atoms with van der Waals surface area (Å²) in [7, 11) is 0. The minimum absolute atomic E-state index is 0.178. The molecule has 0 saturated carbocycles. The van der Waals surface area contributed by atoms with Crippen LogP contribution in [0.4, 0.5) is 0 Å². The monoisotopic (exact) mass is 172 g/mol. The van der Waals surface area contributed by atoms with Crippen LogP contribution in [0.1, 0.15) is 11.1 Å². The Morgan fingerprint density at radius 1 is 1.38 bits per heavy atom. The van der Waals surface area contributed by atoms with Crippen molar-refractivity contribution < 1.29 is 5.11 Å². The maximum atomic E-state index is 10.8. The highest BCUT2D eigenvalue weighted by Crippen LogP contribution is 2.17. The zero-order valence-corrected chi connectivity index (χ0v) is 7.45. The van der Waals surface area contributed by atoms with E-state index in [1.165, 1.54) is 0 Å². The van der Waals surface area contributed by atoms with Crippen LogP contribution in [0.2, 0.25) is 0 Å². The molecule has 1 aromatic carbocycles. The van der Waals surface area contributed by atoms with E-state index in [-0.39, 0.29) is 6.61 Å². The SMILES string of the molecule is Cc1cnc2cccc(C[O-])c2c1. The molecule has 0 spiro atoms. The maximum absolute atomic E-state index is 10.8. The average Bonchev–Trinajstić information content (AvgIpc) is 2.17. The van der Waals surface area contributed by atoms with Crippen LogP contribution in [0.5, 0.6) is 0 Å². The molecule has 0 atom stereocenters. The van der Waals surface area contributed by atoms with Gasteiger partial charge < -0.3 is 5.11 Å². The summed E-state index contributed by atoms with van der Waals surface area (Å²) >= 11 is 0. The van der Waals surface area contributed by atoms with Gasteiger partial charge in [-0.15, -0.1) is 6.61 Å². The normalized spacial score (nSPS) is 10.6. The second kappa shape index (κ2) is 3.15. The van der Waals surface area contributed by atoms with Gasteiger partial charge in [-0.25, -0.2) is 0 Å². The molecule has 0 aliphatic carbocycles. The molecule has 0 aliphatic heterocycles. The lowest BCUT2D eigenvalue weighted by Crippen LogP contribution is -2.03. The van der Waals surface area contributed by atoms with Crippen molar-refractivity contribution in [2.75, 3.05) is 0 Å². The number of pyridine rings is 1. The summed E-state index contributed by atoms with van der Waals surface area (Å²) in [6.45, 7) is 1.80. The van der Waals surface area contributed by atoms with Crippen molar-refractivity contribution in [3.63, 3.8) is 0 Å². The van der Waals surface area contributed by atoms with Crippen LogP contribution >= 0.6 is 0 Å². The summed E-state index contributed by atoms with van der Waals surface area (Å²) < 4.78 is 0. The van der Waals surface area contributed by atoms with Crippen molar-refractivity contribution in [3.05, 3.63) is 41.6 Å².